The first-order valence-corrected chi connectivity index (χ1v) is 20.3. The van der Waals surface area contributed by atoms with Crippen LogP contribution in [0.1, 0.15) is 139 Å². The second-order valence-electron chi connectivity index (χ2n) is 16.2. The number of fused-ring (bicyclic) bond motifs is 2. The molecule has 0 saturated heterocycles. The molecule has 2 N–H and O–H groups in total. The SMILES string of the molecule is CC(C)c1cnn2c(NCc3ccccc3-c3nccc4cc(NC5CCC(CC(=O)C6CCCC6)C5)ccc34)nc(C3CCCCCCC3)nc12. The fraction of sp³-hybridized carbons (Fsp3) is 0.523. The molecule has 3 aliphatic rings. The van der Waals surface area contributed by atoms with E-state index in [0.29, 0.717) is 42.0 Å². The highest BCUT2D eigenvalue weighted by atomic mass is 16.1. The van der Waals surface area contributed by atoms with Gasteiger partial charge in [0.05, 0.1) is 11.9 Å². The Morgan fingerprint density at radius 1 is 0.885 bits per heavy atom. The van der Waals surface area contributed by atoms with Gasteiger partial charge in [-0.1, -0.05) is 89.1 Å². The lowest BCUT2D eigenvalue weighted by atomic mass is 9.90. The molecule has 3 saturated carbocycles. The standard InChI is InChI=1S/C44H55N7O/c1-29(2)39-28-47-51-43(39)49-42(32-14-6-4-3-5-7-15-32)50-44(51)46-27-34-16-10-11-17-37(34)41-38-21-20-36(26-33(38)22-23-45-41)48-35-19-18-30(24-35)25-40(52)31-12-8-9-13-31/h10-11,16-17,20-23,26,28-32,35,48H,3-9,12-15,18-19,24-25,27H2,1-2H3,(H,46,49,50). The van der Waals surface area contributed by atoms with Crippen LogP contribution in [0.5, 0.6) is 0 Å². The van der Waals surface area contributed by atoms with Crippen molar-refractivity contribution in [1.82, 2.24) is 24.6 Å². The summed E-state index contributed by atoms with van der Waals surface area (Å²) in [6.07, 6.45) is 21.4. The van der Waals surface area contributed by atoms with Crippen molar-refractivity contribution in [3.63, 3.8) is 0 Å². The molecule has 272 valence electrons. The molecule has 2 aromatic carbocycles. The Kier molecular flexibility index (Phi) is 10.5. The third-order valence-electron chi connectivity index (χ3n) is 12.2. The number of nitrogens with one attached hydrogen (secondary N) is 2. The number of pyridine rings is 1. The zero-order valence-corrected chi connectivity index (χ0v) is 31.1. The summed E-state index contributed by atoms with van der Waals surface area (Å²) in [6, 6.07) is 17.8. The summed E-state index contributed by atoms with van der Waals surface area (Å²) in [5, 5.41) is 14.6. The van der Waals surface area contributed by atoms with E-state index in [1.807, 2.05) is 16.9 Å². The van der Waals surface area contributed by atoms with Crippen molar-refractivity contribution in [1.29, 1.82) is 0 Å². The van der Waals surface area contributed by atoms with E-state index in [9.17, 15) is 4.79 Å². The third-order valence-corrected chi connectivity index (χ3v) is 12.2. The highest BCUT2D eigenvalue weighted by Crippen LogP contribution is 2.36. The first-order valence-electron chi connectivity index (χ1n) is 20.3. The number of carbonyl (C=O) groups is 1. The molecule has 3 fully saturated rings. The highest BCUT2D eigenvalue weighted by Gasteiger charge is 2.30. The van der Waals surface area contributed by atoms with Crippen molar-refractivity contribution in [3.05, 3.63) is 77.9 Å². The number of anilines is 2. The van der Waals surface area contributed by atoms with Crippen LogP contribution in [0.4, 0.5) is 11.6 Å². The van der Waals surface area contributed by atoms with Crippen molar-refractivity contribution in [2.24, 2.45) is 11.8 Å². The Hall–Kier alpha value is -4.33. The lowest BCUT2D eigenvalue weighted by Gasteiger charge is -2.20. The fourth-order valence-electron chi connectivity index (χ4n) is 9.22. The zero-order chi connectivity index (χ0) is 35.4. The smallest absolute Gasteiger partial charge is 0.227 e. The number of hydrogen-bond acceptors (Lipinski definition) is 7. The summed E-state index contributed by atoms with van der Waals surface area (Å²) in [5.74, 6) is 3.79. The van der Waals surface area contributed by atoms with Gasteiger partial charge in [0.1, 0.15) is 11.6 Å². The lowest BCUT2D eigenvalue weighted by molar-refractivity contribution is -0.123. The van der Waals surface area contributed by atoms with Gasteiger partial charge in [0.2, 0.25) is 5.95 Å². The molecule has 0 radical (unpaired) electrons. The number of ketones is 1. The fourth-order valence-corrected chi connectivity index (χ4v) is 9.22. The molecule has 3 aliphatic carbocycles. The quantitative estimate of drug-likeness (QED) is 0.142. The number of Topliss-reactive ketones (excluding diaryl/α,β-unsaturated/α-hetero) is 1. The van der Waals surface area contributed by atoms with E-state index in [-0.39, 0.29) is 0 Å². The molecular formula is C44H55N7O. The van der Waals surface area contributed by atoms with Crippen LogP contribution in [0.3, 0.4) is 0 Å². The van der Waals surface area contributed by atoms with Gasteiger partial charge in [0, 0.05) is 59.2 Å². The van der Waals surface area contributed by atoms with E-state index in [1.54, 1.807) is 0 Å². The highest BCUT2D eigenvalue weighted by molar-refractivity contribution is 5.96. The summed E-state index contributed by atoms with van der Waals surface area (Å²) < 4.78 is 1.90. The molecule has 2 atom stereocenters. The van der Waals surface area contributed by atoms with Crippen molar-refractivity contribution < 1.29 is 4.79 Å². The topological polar surface area (TPSA) is 97.1 Å². The second kappa shape index (κ2) is 15.7. The van der Waals surface area contributed by atoms with Crippen molar-refractivity contribution in [2.75, 3.05) is 10.6 Å². The van der Waals surface area contributed by atoms with Gasteiger partial charge < -0.3 is 10.6 Å². The molecule has 0 aliphatic heterocycles. The van der Waals surface area contributed by atoms with E-state index in [2.05, 4.69) is 73.0 Å². The van der Waals surface area contributed by atoms with Gasteiger partial charge in [-0.2, -0.15) is 14.6 Å². The number of carbonyl (C=O) groups excluding carboxylic acids is 1. The third kappa shape index (κ3) is 7.58. The Balaban J connectivity index is 1.01. The number of rotatable bonds is 11. The van der Waals surface area contributed by atoms with Gasteiger partial charge in [0.15, 0.2) is 5.65 Å². The van der Waals surface area contributed by atoms with Gasteiger partial charge in [-0.3, -0.25) is 9.78 Å². The predicted molar refractivity (Wildman–Crippen MR) is 211 cm³/mol. The van der Waals surface area contributed by atoms with Gasteiger partial charge in [-0.25, -0.2) is 4.98 Å². The second-order valence-corrected chi connectivity index (χ2v) is 16.2. The number of hydrogen-bond donors (Lipinski definition) is 2. The minimum atomic E-state index is 0.325. The molecular weight excluding hydrogens is 643 g/mol. The molecule has 8 nitrogen and oxygen atoms in total. The van der Waals surface area contributed by atoms with Crippen molar-refractivity contribution in [3.8, 4) is 11.3 Å². The largest absolute Gasteiger partial charge is 0.382 e. The van der Waals surface area contributed by atoms with Crippen LogP contribution >= 0.6 is 0 Å². The van der Waals surface area contributed by atoms with E-state index in [0.717, 1.165) is 102 Å². The number of nitrogens with zero attached hydrogens (tertiary/aromatic N) is 5. The molecule has 3 aromatic heterocycles. The molecule has 3 heterocycles. The van der Waals surface area contributed by atoms with Gasteiger partial charge in [-0.15, -0.1) is 0 Å². The maximum absolute atomic E-state index is 12.8. The average molecular weight is 698 g/mol. The minimum Gasteiger partial charge on any atom is -0.382 e. The Bertz CT molecular complexity index is 2000. The average Bonchev–Trinajstić information content (AvgIpc) is 3.92. The molecule has 52 heavy (non-hydrogen) atoms. The maximum Gasteiger partial charge on any atom is 0.227 e. The molecule has 0 spiro atoms. The van der Waals surface area contributed by atoms with Crippen LogP contribution in [-0.2, 0) is 11.3 Å². The summed E-state index contributed by atoms with van der Waals surface area (Å²) in [4.78, 5) is 28.1. The summed E-state index contributed by atoms with van der Waals surface area (Å²) in [6.45, 7) is 5.01. The van der Waals surface area contributed by atoms with E-state index < -0.39 is 0 Å². The first kappa shape index (κ1) is 34.7. The molecule has 8 rings (SSSR count). The first-order chi connectivity index (χ1) is 25.5. The maximum atomic E-state index is 12.8. The predicted octanol–water partition coefficient (Wildman–Crippen LogP) is 10.6. The van der Waals surface area contributed by atoms with E-state index in [4.69, 9.17) is 20.1 Å². The Labute approximate surface area is 308 Å². The molecule has 0 amide bonds. The molecule has 8 heteroatoms. The minimum absolute atomic E-state index is 0.325. The van der Waals surface area contributed by atoms with Gasteiger partial charge >= 0.3 is 0 Å². The van der Waals surface area contributed by atoms with Crippen molar-refractivity contribution in [2.45, 2.75) is 135 Å². The van der Waals surface area contributed by atoms with Crippen LogP contribution in [0.15, 0.2) is 60.9 Å². The van der Waals surface area contributed by atoms with E-state index in [1.165, 1.54) is 50.3 Å². The van der Waals surface area contributed by atoms with Gasteiger partial charge in [0.25, 0.3) is 0 Å². The molecule has 5 aromatic rings. The van der Waals surface area contributed by atoms with Gasteiger partial charge in [-0.05, 0) is 85.9 Å². The summed E-state index contributed by atoms with van der Waals surface area (Å²) in [7, 11) is 0. The lowest BCUT2D eigenvalue weighted by Crippen LogP contribution is -2.18. The van der Waals surface area contributed by atoms with E-state index >= 15 is 0 Å². The Morgan fingerprint density at radius 2 is 1.67 bits per heavy atom. The zero-order valence-electron chi connectivity index (χ0n) is 31.1. The van der Waals surface area contributed by atoms with Crippen LogP contribution < -0.4 is 10.6 Å². The van der Waals surface area contributed by atoms with Crippen LogP contribution in [-0.4, -0.2) is 36.4 Å². The number of benzene rings is 2. The van der Waals surface area contributed by atoms with Crippen LogP contribution in [0.25, 0.3) is 27.7 Å². The van der Waals surface area contributed by atoms with Crippen LogP contribution in [0.2, 0.25) is 0 Å². The Morgan fingerprint density at radius 3 is 2.50 bits per heavy atom. The summed E-state index contributed by atoms with van der Waals surface area (Å²) in [5.41, 5.74) is 6.47. The molecule has 0 bridgehead atoms. The van der Waals surface area contributed by atoms with Crippen molar-refractivity contribution >= 4 is 33.8 Å². The number of aromatic nitrogens is 5. The normalized spacial score (nSPS) is 20.4. The summed E-state index contributed by atoms with van der Waals surface area (Å²) >= 11 is 0. The van der Waals surface area contributed by atoms with Crippen LogP contribution in [0, 0.1) is 11.8 Å². The molecule has 2 unspecified atom stereocenters. The monoisotopic (exact) mass is 697 g/mol.